The average molecular weight is 720 g/mol. The number of aromatic nitrogens is 4. The van der Waals surface area contributed by atoms with Crippen molar-refractivity contribution in [2.75, 3.05) is 31.6 Å². The second-order valence-electron chi connectivity index (χ2n) is 12.7. The first-order valence-electron chi connectivity index (χ1n) is 16.1. The van der Waals surface area contributed by atoms with Crippen LogP contribution in [0.25, 0.3) is 32.2 Å². The van der Waals surface area contributed by atoms with Gasteiger partial charge in [-0.25, -0.2) is 23.5 Å². The van der Waals surface area contributed by atoms with E-state index in [1.165, 1.54) is 28.3 Å². The molecule has 1 aromatic carbocycles. The van der Waals surface area contributed by atoms with E-state index in [0.717, 1.165) is 0 Å². The summed E-state index contributed by atoms with van der Waals surface area (Å²) in [5.74, 6) is 0.185. The Hall–Kier alpha value is -4.71. The molecule has 2 aliphatic rings. The number of carboxylic acid groups (broad SMARTS) is 1. The Balaban J connectivity index is 1.14. The highest BCUT2D eigenvalue weighted by Crippen LogP contribution is 2.48. The fraction of sp³-hybridized carbons (Fsp3) is 0.371. The van der Waals surface area contributed by atoms with Gasteiger partial charge in [0.25, 0.3) is 12.0 Å². The maximum atomic E-state index is 14.0. The normalized spacial score (nSPS) is 16.2. The van der Waals surface area contributed by atoms with E-state index in [9.17, 15) is 28.7 Å². The molecule has 7 rings (SSSR count). The maximum Gasteiger partial charge on any atom is 0.338 e. The van der Waals surface area contributed by atoms with Gasteiger partial charge in [-0.05, 0) is 56.9 Å². The first kappa shape index (κ1) is 33.8. The number of anilines is 1. The van der Waals surface area contributed by atoms with Gasteiger partial charge in [0.1, 0.15) is 35.6 Å². The largest absolute Gasteiger partial charge is 0.491 e. The minimum Gasteiger partial charge on any atom is -0.491 e. The summed E-state index contributed by atoms with van der Waals surface area (Å²) in [6, 6.07) is 9.06. The Morgan fingerprint density at radius 2 is 2.00 bits per heavy atom. The average Bonchev–Trinajstić information content (AvgIpc) is 3.81. The molecule has 0 spiro atoms. The Bertz CT molecular complexity index is 2240. The van der Waals surface area contributed by atoms with Crippen LogP contribution in [0.15, 0.2) is 46.8 Å². The quantitative estimate of drug-likeness (QED) is 0.173. The number of likely N-dealkylation sites (tertiary alicyclic amines) is 1. The van der Waals surface area contributed by atoms with Crippen LogP contribution in [0.3, 0.4) is 0 Å². The number of rotatable bonds is 10. The molecule has 0 atom stereocenters. The lowest BCUT2D eigenvalue weighted by Crippen LogP contribution is -2.51. The van der Waals surface area contributed by atoms with Crippen molar-refractivity contribution in [3.05, 3.63) is 74.4 Å². The number of thiophene rings is 1. The number of piperidine rings is 1. The van der Waals surface area contributed by atoms with Crippen LogP contribution in [0.5, 0.6) is 5.75 Å². The molecule has 1 saturated carbocycles. The van der Waals surface area contributed by atoms with Gasteiger partial charge in [0, 0.05) is 53.9 Å². The molecular formula is C35H32ClF2N7O4S. The van der Waals surface area contributed by atoms with E-state index in [1.807, 2.05) is 16.8 Å². The van der Waals surface area contributed by atoms with Crippen LogP contribution in [0.1, 0.15) is 47.4 Å². The number of halogens is 3. The van der Waals surface area contributed by atoms with E-state index in [0.29, 0.717) is 88.0 Å². The third-order valence-electron chi connectivity index (χ3n) is 9.92. The molecule has 4 aromatic heterocycles. The van der Waals surface area contributed by atoms with Crippen molar-refractivity contribution in [2.45, 2.75) is 57.2 Å². The van der Waals surface area contributed by atoms with Gasteiger partial charge >= 0.3 is 5.97 Å². The van der Waals surface area contributed by atoms with Gasteiger partial charge in [-0.3, -0.25) is 19.2 Å². The van der Waals surface area contributed by atoms with E-state index in [4.69, 9.17) is 16.3 Å². The zero-order valence-electron chi connectivity index (χ0n) is 27.2. The van der Waals surface area contributed by atoms with Crippen LogP contribution in [-0.2, 0) is 6.54 Å². The van der Waals surface area contributed by atoms with Crippen molar-refractivity contribution in [3.8, 4) is 22.9 Å². The van der Waals surface area contributed by atoms with Crippen LogP contribution < -0.4 is 15.2 Å². The van der Waals surface area contributed by atoms with Gasteiger partial charge in [0.15, 0.2) is 0 Å². The molecule has 0 bridgehead atoms. The third-order valence-corrected chi connectivity index (χ3v) is 11.2. The molecule has 1 N–H and O–H groups in total. The van der Waals surface area contributed by atoms with Gasteiger partial charge in [0.05, 0.1) is 45.0 Å². The highest BCUT2D eigenvalue weighted by atomic mass is 35.5. The highest BCUT2D eigenvalue weighted by Gasteiger charge is 2.56. The molecule has 1 saturated heterocycles. The van der Waals surface area contributed by atoms with Crippen molar-refractivity contribution in [3.63, 3.8) is 0 Å². The molecule has 1 aliphatic carbocycles. The van der Waals surface area contributed by atoms with Gasteiger partial charge in [-0.1, -0.05) is 11.6 Å². The van der Waals surface area contributed by atoms with E-state index in [-0.39, 0.29) is 35.7 Å². The Labute approximate surface area is 294 Å². The molecule has 15 heteroatoms. The summed E-state index contributed by atoms with van der Waals surface area (Å²) < 4.78 is 35.7. The SMILES string of the molecule is Cc1nc2cnc(N(C)C3CCN(C4(C(F)F)CC4)CC3)c(C#N)c2c(=O)n1CCOc1ccc(Cl)cc1-c1ccnc2c(C(=O)O)csc12. The first-order valence-corrected chi connectivity index (χ1v) is 17.4. The van der Waals surface area contributed by atoms with Crippen molar-refractivity contribution >= 4 is 55.8 Å². The lowest BCUT2D eigenvalue weighted by molar-refractivity contribution is -0.00324. The number of aromatic carboxylic acids is 1. The summed E-state index contributed by atoms with van der Waals surface area (Å²) in [6.07, 6.45) is 2.96. The van der Waals surface area contributed by atoms with Crippen molar-refractivity contribution in [1.82, 2.24) is 24.4 Å². The fourth-order valence-electron chi connectivity index (χ4n) is 7.00. The summed E-state index contributed by atoms with van der Waals surface area (Å²) in [4.78, 5) is 42.9. The number of hydrogen-bond donors (Lipinski definition) is 1. The van der Waals surface area contributed by atoms with Gasteiger partial charge < -0.3 is 14.7 Å². The minimum atomic E-state index is -2.37. The Morgan fingerprint density at radius 3 is 2.68 bits per heavy atom. The summed E-state index contributed by atoms with van der Waals surface area (Å²) in [7, 11) is 1.82. The summed E-state index contributed by atoms with van der Waals surface area (Å²) in [5.41, 5.74) is 0.854. The zero-order valence-corrected chi connectivity index (χ0v) is 28.8. The molecule has 1 aliphatic heterocycles. The number of alkyl halides is 2. The summed E-state index contributed by atoms with van der Waals surface area (Å²) in [6.45, 7) is 2.94. The van der Waals surface area contributed by atoms with E-state index < -0.39 is 23.5 Å². The topological polar surface area (TPSA) is 137 Å². The molecule has 11 nitrogen and oxygen atoms in total. The molecule has 0 amide bonds. The van der Waals surface area contributed by atoms with Crippen LogP contribution >= 0.6 is 22.9 Å². The molecule has 5 aromatic rings. The molecule has 0 unspecified atom stereocenters. The van der Waals surface area contributed by atoms with Crippen LogP contribution in [-0.4, -0.2) is 80.2 Å². The number of pyridine rings is 2. The smallest absolute Gasteiger partial charge is 0.338 e. The second-order valence-corrected chi connectivity index (χ2v) is 14.0. The number of aryl methyl sites for hydroxylation is 1. The molecule has 258 valence electrons. The Kier molecular flexibility index (Phi) is 8.92. The van der Waals surface area contributed by atoms with Gasteiger partial charge in [0.2, 0.25) is 0 Å². The lowest BCUT2D eigenvalue weighted by Gasteiger charge is -2.41. The molecular weight excluding hydrogens is 688 g/mol. The zero-order chi connectivity index (χ0) is 35.3. The Morgan fingerprint density at radius 1 is 1.24 bits per heavy atom. The number of carboxylic acids is 1. The first-order chi connectivity index (χ1) is 24.0. The van der Waals surface area contributed by atoms with Crippen molar-refractivity contribution in [1.29, 1.82) is 5.26 Å². The number of nitriles is 1. The molecule has 5 heterocycles. The third kappa shape index (κ3) is 5.82. The van der Waals surface area contributed by atoms with Gasteiger partial charge in [-0.2, -0.15) is 5.26 Å². The standard InChI is InChI=1S/C35H32ClF2N7O4S/c1-19-42-26-17-41-31(43(2)21-6-11-44(12-7-21)35(8-9-35)34(37)38)24(16-39)28(26)32(46)45(19)13-14-49-27-4-3-20(36)15-23(27)22-5-10-40-29-25(33(47)48)18-50-30(22)29/h3-5,10,15,17-18,21,34H,6-9,11-14H2,1-2H3,(H,47,48). The molecule has 0 radical (unpaired) electrons. The van der Waals surface area contributed by atoms with E-state index in [1.54, 1.807) is 36.6 Å². The lowest BCUT2D eigenvalue weighted by atomic mass is 10.00. The minimum absolute atomic E-state index is 0.0362. The number of fused-ring (bicyclic) bond motifs is 2. The van der Waals surface area contributed by atoms with Crippen LogP contribution in [0, 0.1) is 18.3 Å². The van der Waals surface area contributed by atoms with E-state index >= 15 is 0 Å². The second kappa shape index (κ2) is 13.2. The summed E-state index contributed by atoms with van der Waals surface area (Å²) in [5, 5.41) is 22.1. The van der Waals surface area contributed by atoms with Crippen molar-refractivity contribution < 1.29 is 23.4 Å². The fourth-order valence-corrected chi connectivity index (χ4v) is 8.20. The van der Waals surface area contributed by atoms with E-state index in [2.05, 4.69) is 21.0 Å². The summed E-state index contributed by atoms with van der Waals surface area (Å²) >= 11 is 7.64. The monoisotopic (exact) mass is 719 g/mol. The number of ether oxygens (including phenoxy) is 1. The predicted octanol–water partition coefficient (Wildman–Crippen LogP) is 6.38. The molecule has 50 heavy (non-hydrogen) atoms. The highest BCUT2D eigenvalue weighted by molar-refractivity contribution is 7.18. The van der Waals surface area contributed by atoms with Crippen LogP contribution in [0.2, 0.25) is 5.02 Å². The van der Waals surface area contributed by atoms with Crippen molar-refractivity contribution in [2.24, 2.45) is 0 Å². The number of carbonyl (C=O) groups is 1. The number of hydrogen-bond acceptors (Lipinski definition) is 10. The van der Waals surface area contributed by atoms with Crippen LogP contribution in [0.4, 0.5) is 14.6 Å². The predicted molar refractivity (Wildman–Crippen MR) is 187 cm³/mol. The number of benzene rings is 1. The van der Waals surface area contributed by atoms with Gasteiger partial charge in [-0.15, -0.1) is 11.3 Å². The maximum absolute atomic E-state index is 14.0. The number of nitrogens with zero attached hydrogens (tertiary/aromatic N) is 7. The molecule has 2 fully saturated rings.